The van der Waals surface area contributed by atoms with Crippen molar-refractivity contribution in [2.45, 2.75) is 26.4 Å². The number of para-hydroxylation sites is 1. The van der Waals surface area contributed by atoms with Crippen molar-refractivity contribution in [3.05, 3.63) is 28.5 Å². The molecule has 86 valence electrons. The van der Waals surface area contributed by atoms with Crippen LogP contribution in [0.15, 0.2) is 22.7 Å². The maximum atomic E-state index is 4.62. The van der Waals surface area contributed by atoms with Crippen LogP contribution in [0.25, 0.3) is 11.0 Å². The molecule has 1 aromatic heterocycles. The largest absolute Gasteiger partial charge is 0.329 e. The van der Waals surface area contributed by atoms with Crippen LogP contribution in [0.4, 0.5) is 0 Å². The highest BCUT2D eigenvalue weighted by Gasteiger charge is 2.09. The Balaban J connectivity index is 2.40. The minimum absolute atomic E-state index is 0.475. The molecule has 0 atom stereocenters. The van der Waals surface area contributed by atoms with Gasteiger partial charge in [-0.15, -0.1) is 0 Å². The van der Waals surface area contributed by atoms with Gasteiger partial charge in [-0.05, 0) is 28.1 Å². The number of benzene rings is 1. The fraction of sp³-hybridized carbons (Fsp3) is 0.417. The summed E-state index contributed by atoms with van der Waals surface area (Å²) in [7, 11) is 2.05. The van der Waals surface area contributed by atoms with E-state index in [-0.39, 0.29) is 0 Å². The zero-order chi connectivity index (χ0) is 11.7. The topological polar surface area (TPSA) is 29.9 Å². The molecule has 0 spiro atoms. The van der Waals surface area contributed by atoms with E-state index in [4.69, 9.17) is 0 Å². The summed E-state index contributed by atoms with van der Waals surface area (Å²) in [5.74, 6) is 1.07. The predicted molar refractivity (Wildman–Crippen MR) is 70.4 cm³/mol. The first-order chi connectivity index (χ1) is 7.59. The molecule has 0 bridgehead atoms. The third-order valence-corrected chi connectivity index (χ3v) is 3.25. The van der Waals surface area contributed by atoms with Crippen molar-refractivity contribution in [1.82, 2.24) is 14.9 Å². The highest BCUT2D eigenvalue weighted by Crippen LogP contribution is 2.23. The van der Waals surface area contributed by atoms with Gasteiger partial charge in [0.05, 0.1) is 17.6 Å². The van der Waals surface area contributed by atoms with E-state index < -0.39 is 0 Å². The van der Waals surface area contributed by atoms with Gasteiger partial charge in [-0.25, -0.2) is 4.98 Å². The Morgan fingerprint density at radius 2 is 2.19 bits per heavy atom. The number of aromatic nitrogens is 2. The van der Waals surface area contributed by atoms with Crippen LogP contribution in [-0.4, -0.2) is 15.6 Å². The van der Waals surface area contributed by atoms with Crippen LogP contribution < -0.4 is 5.32 Å². The Morgan fingerprint density at radius 3 is 2.81 bits per heavy atom. The second-order valence-corrected chi connectivity index (χ2v) is 5.08. The first-order valence-electron chi connectivity index (χ1n) is 5.43. The van der Waals surface area contributed by atoms with E-state index in [2.05, 4.69) is 51.7 Å². The normalized spacial score (nSPS) is 11.6. The van der Waals surface area contributed by atoms with E-state index in [1.54, 1.807) is 0 Å². The van der Waals surface area contributed by atoms with Gasteiger partial charge < -0.3 is 9.88 Å². The molecule has 0 amide bonds. The van der Waals surface area contributed by atoms with Crippen LogP contribution in [0, 0.1) is 0 Å². The number of aryl methyl sites for hydroxylation is 1. The van der Waals surface area contributed by atoms with Crippen molar-refractivity contribution in [2.24, 2.45) is 7.05 Å². The third-order valence-electron chi connectivity index (χ3n) is 2.61. The van der Waals surface area contributed by atoms with Gasteiger partial charge in [0.15, 0.2) is 0 Å². The molecule has 0 aliphatic carbocycles. The molecule has 0 unspecified atom stereocenters. The van der Waals surface area contributed by atoms with Crippen molar-refractivity contribution < 1.29 is 0 Å². The second-order valence-electron chi connectivity index (χ2n) is 4.23. The van der Waals surface area contributed by atoms with E-state index in [0.717, 1.165) is 27.9 Å². The summed E-state index contributed by atoms with van der Waals surface area (Å²) < 4.78 is 3.23. The van der Waals surface area contributed by atoms with Crippen LogP contribution in [0.3, 0.4) is 0 Å². The van der Waals surface area contributed by atoms with Crippen LogP contribution in [-0.2, 0) is 13.6 Å². The zero-order valence-corrected chi connectivity index (χ0v) is 11.4. The number of rotatable bonds is 3. The third kappa shape index (κ3) is 2.13. The van der Waals surface area contributed by atoms with Crippen molar-refractivity contribution in [3.63, 3.8) is 0 Å². The van der Waals surface area contributed by atoms with Crippen LogP contribution in [0.5, 0.6) is 0 Å². The Morgan fingerprint density at radius 1 is 1.44 bits per heavy atom. The molecule has 3 nitrogen and oxygen atoms in total. The lowest BCUT2D eigenvalue weighted by Crippen LogP contribution is -2.23. The minimum atomic E-state index is 0.475. The molecule has 0 saturated carbocycles. The van der Waals surface area contributed by atoms with Crippen LogP contribution in [0.1, 0.15) is 19.7 Å². The van der Waals surface area contributed by atoms with E-state index in [0.29, 0.717) is 6.04 Å². The van der Waals surface area contributed by atoms with E-state index in [1.807, 2.05) is 18.2 Å². The molecule has 0 radical (unpaired) electrons. The molecule has 0 saturated heterocycles. The first kappa shape index (κ1) is 11.6. The van der Waals surface area contributed by atoms with E-state index in [9.17, 15) is 0 Å². The summed E-state index contributed by atoms with van der Waals surface area (Å²) in [6.07, 6.45) is 0. The van der Waals surface area contributed by atoms with Crippen LogP contribution >= 0.6 is 15.9 Å². The average molecular weight is 282 g/mol. The molecular weight excluding hydrogens is 266 g/mol. The Kier molecular flexibility index (Phi) is 3.30. The van der Waals surface area contributed by atoms with Gasteiger partial charge in [-0.2, -0.15) is 0 Å². The van der Waals surface area contributed by atoms with Gasteiger partial charge in [0, 0.05) is 17.6 Å². The van der Waals surface area contributed by atoms with Gasteiger partial charge in [-0.1, -0.05) is 19.9 Å². The number of nitrogens with one attached hydrogen (secondary N) is 1. The summed E-state index contributed by atoms with van der Waals surface area (Å²) in [5.41, 5.74) is 2.19. The fourth-order valence-electron chi connectivity index (χ4n) is 1.72. The van der Waals surface area contributed by atoms with Crippen molar-refractivity contribution in [2.75, 3.05) is 0 Å². The average Bonchev–Trinajstić information content (AvgIpc) is 2.54. The molecule has 1 N–H and O–H groups in total. The molecule has 0 aliphatic rings. The molecule has 2 rings (SSSR count). The zero-order valence-electron chi connectivity index (χ0n) is 9.79. The number of halogens is 1. The number of fused-ring (bicyclic) bond motifs is 1. The molecule has 0 aliphatic heterocycles. The van der Waals surface area contributed by atoms with E-state index in [1.165, 1.54) is 0 Å². The Labute approximate surface area is 104 Å². The summed E-state index contributed by atoms with van der Waals surface area (Å²) in [6.45, 7) is 5.08. The van der Waals surface area contributed by atoms with Gasteiger partial charge in [0.2, 0.25) is 0 Å². The first-order valence-corrected chi connectivity index (χ1v) is 6.22. The molecule has 0 fully saturated rings. The van der Waals surface area contributed by atoms with Gasteiger partial charge >= 0.3 is 0 Å². The molecule has 1 aromatic carbocycles. The highest BCUT2D eigenvalue weighted by atomic mass is 79.9. The van der Waals surface area contributed by atoms with E-state index >= 15 is 0 Å². The lowest BCUT2D eigenvalue weighted by Gasteiger charge is -2.07. The Hall–Kier alpha value is -0.870. The molecule has 1 heterocycles. The molecule has 2 aromatic rings. The monoisotopic (exact) mass is 281 g/mol. The van der Waals surface area contributed by atoms with Crippen LogP contribution in [0.2, 0.25) is 0 Å². The highest BCUT2D eigenvalue weighted by molar-refractivity contribution is 9.10. The quantitative estimate of drug-likeness (QED) is 0.938. The molecular formula is C12H16BrN3. The minimum Gasteiger partial charge on any atom is -0.329 e. The maximum Gasteiger partial charge on any atom is 0.123 e. The number of nitrogens with zero attached hydrogens (tertiary/aromatic N) is 2. The predicted octanol–water partition coefficient (Wildman–Crippen LogP) is 2.83. The maximum absolute atomic E-state index is 4.62. The summed E-state index contributed by atoms with van der Waals surface area (Å²) in [5, 5.41) is 3.38. The number of imidazole rings is 1. The van der Waals surface area contributed by atoms with Gasteiger partial charge in [-0.3, -0.25) is 0 Å². The number of hydrogen-bond donors (Lipinski definition) is 1. The van der Waals surface area contributed by atoms with Gasteiger partial charge in [0.1, 0.15) is 5.82 Å². The smallest absolute Gasteiger partial charge is 0.123 e. The SMILES string of the molecule is CC(C)NCc1nc2cccc(Br)c2n1C. The lowest BCUT2D eigenvalue weighted by molar-refractivity contribution is 0.563. The number of hydrogen-bond acceptors (Lipinski definition) is 2. The summed E-state index contributed by atoms with van der Waals surface area (Å²) >= 11 is 3.56. The standard InChI is InChI=1S/C12H16BrN3/c1-8(2)14-7-11-15-10-6-4-5-9(13)12(10)16(11)3/h4-6,8,14H,7H2,1-3H3. The summed E-state index contributed by atoms with van der Waals surface area (Å²) in [4.78, 5) is 4.62. The van der Waals surface area contributed by atoms with Gasteiger partial charge in [0.25, 0.3) is 0 Å². The fourth-order valence-corrected chi connectivity index (χ4v) is 2.34. The van der Waals surface area contributed by atoms with Crippen molar-refractivity contribution in [1.29, 1.82) is 0 Å². The lowest BCUT2D eigenvalue weighted by atomic mass is 10.3. The van der Waals surface area contributed by atoms with Crippen molar-refractivity contribution >= 4 is 27.0 Å². The molecule has 16 heavy (non-hydrogen) atoms. The Bertz CT molecular complexity index is 502. The summed E-state index contributed by atoms with van der Waals surface area (Å²) in [6, 6.07) is 6.57. The van der Waals surface area contributed by atoms with Crippen molar-refractivity contribution in [3.8, 4) is 0 Å². The molecule has 4 heteroatoms. The second kappa shape index (κ2) is 4.55.